The summed E-state index contributed by atoms with van der Waals surface area (Å²) in [5.74, 6) is 1.23. The standard InChI is InChI=1S/C12H12FNO/c1-2-9-4-6-12(15-9)8-3-5-10(13)11(14)7-8/h3-7H,2,14H2,1H3. The molecule has 1 aromatic heterocycles. The first-order chi connectivity index (χ1) is 7.20. The molecule has 2 aromatic rings. The molecule has 2 N–H and O–H groups in total. The van der Waals surface area contributed by atoms with Gasteiger partial charge in [-0.1, -0.05) is 6.92 Å². The van der Waals surface area contributed by atoms with Crippen LogP contribution in [-0.2, 0) is 6.42 Å². The minimum atomic E-state index is -0.402. The van der Waals surface area contributed by atoms with Crippen molar-refractivity contribution >= 4 is 5.69 Å². The van der Waals surface area contributed by atoms with Gasteiger partial charge in [-0.2, -0.15) is 0 Å². The van der Waals surface area contributed by atoms with E-state index >= 15 is 0 Å². The largest absolute Gasteiger partial charge is 0.461 e. The summed E-state index contributed by atoms with van der Waals surface area (Å²) >= 11 is 0. The summed E-state index contributed by atoms with van der Waals surface area (Å²) in [4.78, 5) is 0. The molecule has 0 aliphatic carbocycles. The molecule has 0 aliphatic rings. The van der Waals surface area contributed by atoms with Crippen molar-refractivity contribution in [2.24, 2.45) is 0 Å². The fraction of sp³-hybridized carbons (Fsp3) is 0.167. The molecule has 0 bridgehead atoms. The zero-order valence-corrected chi connectivity index (χ0v) is 8.46. The Labute approximate surface area is 87.5 Å². The maximum atomic E-state index is 12.9. The Bertz CT molecular complexity index is 476. The van der Waals surface area contributed by atoms with Crippen molar-refractivity contribution in [3.63, 3.8) is 0 Å². The van der Waals surface area contributed by atoms with E-state index in [2.05, 4.69) is 0 Å². The van der Waals surface area contributed by atoms with Gasteiger partial charge in [0.05, 0.1) is 5.69 Å². The fourth-order valence-corrected chi connectivity index (χ4v) is 1.42. The molecule has 78 valence electrons. The second-order valence-corrected chi connectivity index (χ2v) is 3.36. The first-order valence-corrected chi connectivity index (χ1v) is 4.85. The molecule has 0 amide bonds. The summed E-state index contributed by atoms with van der Waals surface area (Å²) in [5.41, 5.74) is 6.42. The molecular formula is C12H12FNO. The van der Waals surface area contributed by atoms with Crippen molar-refractivity contribution < 1.29 is 8.81 Å². The van der Waals surface area contributed by atoms with E-state index in [-0.39, 0.29) is 5.69 Å². The third-order valence-corrected chi connectivity index (χ3v) is 2.29. The zero-order valence-electron chi connectivity index (χ0n) is 8.46. The SMILES string of the molecule is CCc1ccc(-c2ccc(F)c(N)c2)o1. The zero-order chi connectivity index (χ0) is 10.8. The number of nitrogens with two attached hydrogens (primary N) is 1. The topological polar surface area (TPSA) is 39.2 Å². The molecule has 0 fully saturated rings. The lowest BCUT2D eigenvalue weighted by Gasteiger charge is -2.00. The fourth-order valence-electron chi connectivity index (χ4n) is 1.42. The van der Waals surface area contributed by atoms with Gasteiger partial charge in [0.2, 0.25) is 0 Å². The average Bonchev–Trinajstić information content (AvgIpc) is 2.70. The Kier molecular flexibility index (Phi) is 2.46. The lowest BCUT2D eigenvalue weighted by molar-refractivity contribution is 0.529. The van der Waals surface area contributed by atoms with E-state index in [1.54, 1.807) is 12.1 Å². The first kappa shape index (κ1) is 9.77. The van der Waals surface area contributed by atoms with Crippen LogP contribution in [0.25, 0.3) is 11.3 Å². The van der Waals surface area contributed by atoms with Crippen molar-refractivity contribution in [1.82, 2.24) is 0 Å². The molecule has 0 saturated carbocycles. The molecule has 3 heteroatoms. The van der Waals surface area contributed by atoms with Crippen molar-refractivity contribution in [3.8, 4) is 11.3 Å². The number of furan rings is 1. The smallest absolute Gasteiger partial charge is 0.146 e. The molecule has 0 aliphatic heterocycles. The Hall–Kier alpha value is -1.77. The molecule has 0 atom stereocenters. The monoisotopic (exact) mass is 205 g/mol. The molecule has 2 nitrogen and oxygen atoms in total. The highest BCUT2D eigenvalue weighted by atomic mass is 19.1. The Balaban J connectivity index is 2.40. The van der Waals surface area contributed by atoms with E-state index in [9.17, 15) is 4.39 Å². The lowest BCUT2D eigenvalue weighted by Crippen LogP contribution is -1.90. The van der Waals surface area contributed by atoms with E-state index in [0.717, 1.165) is 23.5 Å². The van der Waals surface area contributed by atoms with Crippen LogP contribution in [0.5, 0.6) is 0 Å². The lowest BCUT2D eigenvalue weighted by atomic mass is 10.1. The highest BCUT2D eigenvalue weighted by molar-refractivity contribution is 5.63. The molecular weight excluding hydrogens is 193 g/mol. The van der Waals surface area contributed by atoms with E-state index < -0.39 is 5.82 Å². The predicted octanol–water partition coefficient (Wildman–Crippen LogP) is 3.23. The molecule has 1 aromatic carbocycles. The van der Waals surface area contributed by atoms with Gasteiger partial charge in [0.25, 0.3) is 0 Å². The van der Waals surface area contributed by atoms with Crippen molar-refractivity contribution in [3.05, 3.63) is 41.9 Å². The number of hydrogen-bond acceptors (Lipinski definition) is 2. The van der Waals surface area contributed by atoms with Crippen molar-refractivity contribution in [1.29, 1.82) is 0 Å². The van der Waals surface area contributed by atoms with Crippen LogP contribution in [0.3, 0.4) is 0 Å². The van der Waals surface area contributed by atoms with Crippen LogP contribution in [0, 0.1) is 5.82 Å². The minimum absolute atomic E-state index is 0.141. The minimum Gasteiger partial charge on any atom is -0.461 e. The second kappa shape index (κ2) is 3.77. The molecule has 2 rings (SSSR count). The Morgan fingerprint density at radius 1 is 1.27 bits per heavy atom. The van der Waals surface area contributed by atoms with Gasteiger partial charge in [0, 0.05) is 12.0 Å². The van der Waals surface area contributed by atoms with Crippen LogP contribution < -0.4 is 5.73 Å². The van der Waals surface area contributed by atoms with Gasteiger partial charge in [0.15, 0.2) is 0 Å². The predicted molar refractivity (Wildman–Crippen MR) is 57.9 cm³/mol. The number of halogens is 1. The van der Waals surface area contributed by atoms with Crippen LogP contribution in [0.1, 0.15) is 12.7 Å². The van der Waals surface area contributed by atoms with Gasteiger partial charge in [-0.25, -0.2) is 4.39 Å². The maximum absolute atomic E-state index is 12.9. The van der Waals surface area contributed by atoms with Crippen LogP contribution in [0.4, 0.5) is 10.1 Å². The van der Waals surface area contributed by atoms with Gasteiger partial charge in [-0.15, -0.1) is 0 Å². The summed E-state index contributed by atoms with van der Waals surface area (Å²) in [7, 11) is 0. The van der Waals surface area contributed by atoms with Crippen LogP contribution in [-0.4, -0.2) is 0 Å². The third kappa shape index (κ3) is 1.86. The second-order valence-electron chi connectivity index (χ2n) is 3.36. The number of aryl methyl sites for hydroxylation is 1. The van der Waals surface area contributed by atoms with Crippen molar-refractivity contribution in [2.45, 2.75) is 13.3 Å². The van der Waals surface area contributed by atoms with E-state index in [4.69, 9.17) is 10.2 Å². The van der Waals surface area contributed by atoms with Crippen LogP contribution in [0.15, 0.2) is 34.7 Å². The summed E-state index contributed by atoms with van der Waals surface area (Å²) < 4.78 is 18.5. The number of hydrogen-bond donors (Lipinski definition) is 1. The molecule has 0 saturated heterocycles. The van der Waals surface area contributed by atoms with E-state index in [0.29, 0.717) is 0 Å². The summed E-state index contributed by atoms with van der Waals surface area (Å²) in [6, 6.07) is 8.36. The number of anilines is 1. The Morgan fingerprint density at radius 2 is 2.07 bits per heavy atom. The maximum Gasteiger partial charge on any atom is 0.146 e. The molecule has 0 unspecified atom stereocenters. The summed E-state index contributed by atoms with van der Waals surface area (Å²) in [5, 5.41) is 0. The highest BCUT2D eigenvalue weighted by Gasteiger charge is 2.06. The summed E-state index contributed by atoms with van der Waals surface area (Å²) in [6.07, 6.45) is 0.844. The van der Waals surface area contributed by atoms with E-state index in [1.807, 2.05) is 19.1 Å². The van der Waals surface area contributed by atoms with Crippen molar-refractivity contribution in [2.75, 3.05) is 5.73 Å². The first-order valence-electron chi connectivity index (χ1n) is 4.85. The third-order valence-electron chi connectivity index (χ3n) is 2.29. The normalized spacial score (nSPS) is 10.5. The van der Waals surface area contributed by atoms with Gasteiger partial charge in [-0.3, -0.25) is 0 Å². The Morgan fingerprint density at radius 3 is 2.67 bits per heavy atom. The van der Waals surface area contributed by atoms with Gasteiger partial charge >= 0.3 is 0 Å². The van der Waals surface area contributed by atoms with Crippen LogP contribution >= 0.6 is 0 Å². The van der Waals surface area contributed by atoms with Crippen LogP contribution in [0.2, 0.25) is 0 Å². The molecule has 1 heterocycles. The number of benzene rings is 1. The van der Waals surface area contributed by atoms with E-state index in [1.165, 1.54) is 6.07 Å². The number of rotatable bonds is 2. The van der Waals surface area contributed by atoms with Gasteiger partial charge < -0.3 is 10.2 Å². The molecule has 0 radical (unpaired) electrons. The molecule has 0 spiro atoms. The average molecular weight is 205 g/mol. The molecule has 15 heavy (non-hydrogen) atoms. The van der Waals surface area contributed by atoms with Gasteiger partial charge in [-0.05, 0) is 30.3 Å². The summed E-state index contributed by atoms with van der Waals surface area (Å²) in [6.45, 7) is 2.02. The van der Waals surface area contributed by atoms with Gasteiger partial charge in [0.1, 0.15) is 17.3 Å². The quantitative estimate of drug-likeness (QED) is 0.764. The highest BCUT2D eigenvalue weighted by Crippen LogP contribution is 2.25. The number of nitrogen functional groups attached to an aromatic ring is 1.